The Morgan fingerprint density at radius 2 is 2.10 bits per heavy atom. The van der Waals surface area contributed by atoms with E-state index in [1.807, 2.05) is 19.2 Å². The first-order valence-corrected chi connectivity index (χ1v) is 9.43. The Kier molecular flexibility index (Phi) is 5.62. The van der Waals surface area contributed by atoms with Crippen molar-refractivity contribution in [3.8, 4) is 17.6 Å². The summed E-state index contributed by atoms with van der Waals surface area (Å²) in [7, 11) is 1.81. The van der Waals surface area contributed by atoms with Gasteiger partial charge in [0.05, 0.1) is 34.6 Å². The minimum atomic E-state index is -0.192. The Morgan fingerprint density at radius 1 is 1.28 bits per heavy atom. The molecular formula is C20H19ClN6O2. The quantitative estimate of drug-likeness (QED) is 0.644. The van der Waals surface area contributed by atoms with E-state index < -0.39 is 0 Å². The molecule has 148 valence electrons. The third-order valence-electron chi connectivity index (χ3n) is 4.71. The highest BCUT2D eigenvalue weighted by atomic mass is 35.5. The molecule has 0 bridgehead atoms. The second kappa shape index (κ2) is 8.49. The summed E-state index contributed by atoms with van der Waals surface area (Å²) >= 11 is 6.45. The number of ether oxygens (including phenoxy) is 2. The first kappa shape index (κ1) is 19.2. The third kappa shape index (κ3) is 4.17. The normalized spacial score (nSPS) is 18.4. The molecular weight excluding hydrogens is 392 g/mol. The van der Waals surface area contributed by atoms with Crippen molar-refractivity contribution in [1.82, 2.24) is 25.8 Å². The summed E-state index contributed by atoms with van der Waals surface area (Å²) in [6.45, 7) is 0.893. The Hall–Kier alpha value is -3.12. The molecule has 2 unspecified atom stereocenters. The van der Waals surface area contributed by atoms with Crippen LogP contribution in [0.4, 0.5) is 0 Å². The van der Waals surface area contributed by atoms with Crippen molar-refractivity contribution in [2.45, 2.75) is 18.8 Å². The fourth-order valence-corrected chi connectivity index (χ4v) is 3.40. The van der Waals surface area contributed by atoms with Gasteiger partial charge in [-0.1, -0.05) is 28.9 Å². The standard InChI is InChI=1S/C20H19ClN6O2/c1-27-14(10-24-26-27)12-28-20-16(3-2-4-17(20)21)19-18(11-23-25-19)29-15-7-5-13(9-22)6-8-15/h2-8,10,18-19,23,25H,11-12H2,1H3. The zero-order valence-electron chi connectivity index (χ0n) is 15.7. The topological polar surface area (TPSA) is 97.0 Å². The van der Waals surface area contributed by atoms with Gasteiger partial charge in [0.15, 0.2) is 0 Å². The molecule has 0 saturated carbocycles. The molecule has 2 atom stereocenters. The number of benzene rings is 2. The van der Waals surface area contributed by atoms with Crippen molar-refractivity contribution in [3.63, 3.8) is 0 Å². The van der Waals surface area contributed by atoms with E-state index in [4.69, 9.17) is 26.3 Å². The van der Waals surface area contributed by atoms with Crippen LogP contribution < -0.4 is 20.3 Å². The van der Waals surface area contributed by atoms with Gasteiger partial charge in [-0.25, -0.2) is 10.1 Å². The van der Waals surface area contributed by atoms with Gasteiger partial charge < -0.3 is 9.47 Å². The van der Waals surface area contributed by atoms with Crippen LogP contribution in [0.3, 0.4) is 0 Å². The molecule has 3 aromatic rings. The highest BCUT2D eigenvalue weighted by Crippen LogP contribution is 2.36. The first-order valence-electron chi connectivity index (χ1n) is 9.05. The van der Waals surface area contributed by atoms with Crippen LogP contribution in [0.5, 0.6) is 11.5 Å². The summed E-state index contributed by atoms with van der Waals surface area (Å²) in [5.41, 5.74) is 8.69. The first-order chi connectivity index (χ1) is 14.2. The Morgan fingerprint density at radius 3 is 2.83 bits per heavy atom. The predicted molar refractivity (Wildman–Crippen MR) is 106 cm³/mol. The van der Waals surface area contributed by atoms with Crippen molar-refractivity contribution in [3.05, 3.63) is 70.5 Å². The summed E-state index contributed by atoms with van der Waals surface area (Å²) < 4.78 is 13.8. The fraction of sp³-hybridized carbons (Fsp3) is 0.250. The number of hydrazine groups is 1. The average molecular weight is 411 g/mol. The van der Waals surface area contributed by atoms with Gasteiger partial charge in [0.25, 0.3) is 0 Å². The molecule has 0 spiro atoms. The largest absolute Gasteiger partial charge is 0.487 e. The van der Waals surface area contributed by atoms with Crippen molar-refractivity contribution in [1.29, 1.82) is 5.26 Å². The highest BCUT2D eigenvalue weighted by molar-refractivity contribution is 6.32. The Balaban J connectivity index is 1.55. The van der Waals surface area contributed by atoms with Gasteiger partial charge in [-0.3, -0.25) is 5.43 Å². The summed E-state index contributed by atoms with van der Waals surface area (Å²) in [5, 5.41) is 17.2. The minimum Gasteiger partial charge on any atom is -0.487 e. The number of aromatic nitrogens is 3. The van der Waals surface area contributed by atoms with Gasteiger partial charge >= 0.3 is 0 Å². The monoisotopic (exact) mass is 410 g/mol. The highest BCUT2D eigenvalue weighted by Gasteiger charge is 2.33. The lowest BCUT2D eigenvalue weighted by Gasteiger charge is -2.23. The van der Waals surface area contributed by atoms with E-state index in [-0.39, 0.29) is 12.1 Å². The molecule has 0 aliphatic carbocycles. The van der Waals surface area contributed by atoms with Crippen LogP contribution in [-0.2, 0) is 13.7 Å². The van der Waals surface area contributed by atoms with E-state index in [0.29, 0.717) is 35.2 Å². The van der Waals surface area contributed by atoms with Crippen LogP contribution in [0.2, 0.25) is 5.02 Å². The molecule has 8 nitrogen and oxygen atoms in total. The number of rotatable bonds is 6. The zero-order chi connectivity index (χ0) is 20.2. The Labute approximate surface area is 173 Å². The number of nitriles is 1. The van der Waals surface area contributed by atoms with E-state index in [9.17, 15) is 0 Å². The second-order valence-corrected chi connectivity index (χ2v) is 7.00. The molecule has 2 aromatic carbocycles. The number of hydrogen-bond donors (Lipinski definition) is 2. The maximum Gasteiger partial charge on any atom is 0.143 e. The van der Waals surface area contributed by atoms with Crippen LogP contribution in [0, 0.1) is 11.3 Å². The van der Waals surface area contributed by atoms with Crippen molar-refractivity contribution < 1.29 is 9.47 Å². The smallest absolute Gasteiger partial charge is 0.143 e. The molecule has 1 aliphatic heterocycles. The van der Waals surface area contributed by atoms with Gasteiger partial charge in [0.2, 0.25) is 0 Å². The number of para-hydroxylation sites is 1. The SMILES string of the molecule is Cn1nncc1COc1c(Cl)cccc1C1NNCC1Oc1ccc(C#N)cc1. The molecule has 4 rings (SSSR count). The fourth-order valence-electron chi connectivity index (χ4n) is 3.16. The lowest BCUT2D eigenvalue weighted by Crippen LogP contribution is -2.28. The predicted octanol–water partition coefficient (Wildman–Crippen LogP) is 2.52. The summed E-state index contributed by atoms with van der Waals surface area (Å²) in [6.07, 6.45) is 1.46. The van der Waals surface area contributed by atoms with Crippen LogP contribution in [0.25, 0.3) is 0 Å². The van der Waals surface area contributed by atoms with Gasteiger partial charge in [0, 0.05) is 19.2 Å². The van der Waals surface area contributed by atoms with E-state index in [2.05, 4.69) is 27.2 Å². The van der Waals surface area contributed by atoms with E-state index >= 15 is 0 Å². The lowest BCUT2D eigenvalue weighted by molar-refractivity contribution is 0.193. The van der Waals surface area contributed by atoms with Gasteiger partial charge in [0.1, 0.15) is 24.2 Å². The van der Waals surface area contributed by atoms with E-state index in [1.54, 1.807) is 41.2 Å². The molecule has 0 radical (unpaired) electrons. The van der Waals surface area contributed by atoms with Gasteiger partial charge in [-0.15, -0.1) is 5.10 Å². The minimum absolute atomic E-state index is 0.177. The summed E-state index contributed by atoms with van der Waals surface area (Å²) in [4.78, 5) is 0. The average Bonchev–Trinajstić information content (AvgIpc) is 3.36. The molecule has 9 heteroatoms. The van der Waals surface area contributed by atoms with Gasteiger partial charge in [-0.05, 0) is 30.3 Å². The summed E-state index contributed by atoms with van der Waals surface area (Å²) in [6, 6.07) is 14.6. The lowest BCUT2D eigenvalue weighted by atomic mass is 10.0. The molecule has 1 saturated heterocycles. The maximum atomic E-state index is 8.95. The van der Waals surface area contributed by atoms with Crippen LogP contribution in [0.1, 0.15) is 22.9 Å². The number of halogens is 1. The molecule has 1 aliphatic rings. The number of nitrogens with one attached hydrogen (secondary N) is 2. The number of aryl methyl sites for hydroxylation is 1. The summed E-state index contributed by atoms with van der Waals surface area (Å²) in [5.74, 6) is 1.28. The van der Waals surface area contributed by atoms with Crippen LogP contribution in [-0.4, -0.2) is 27.6 Å². The molecule has 2 heterocycles. The molecule has 1 aromatic heterocycles. The van der Waals surface area contributed by atoms with Crippen LogP contribution >= 0.6 is 11.6 Å². The second-order valence-electron chi connectivity index (χ2n) is 6.59. The Bertz CT molecular complexity index is 1030. The molecule has 29 heavy (non-hydrogen) atoms. The maximum absolute atomic E-state index is 8.95. The van der Waals surface area contributed by atoms with Crippen molar-refractivity contribution >= 4 is 11.6 Å². The van der Waals surface area contributed by atoms with E-state index in [1.165, 1.54) is 0 Å². The van der Waals surface area contributed by atoms with Crippen LogP contribution in [0.15, 0.2) is 48.7 Å². The zero-order valence-corrected chi connectivity index (χ0v) is 16.4. The number of hydrogen-bond acceptors (Lipinski definition) is 7. The molecule has 0 amide bonds. The van der Waals surface area contributed by atoms with E-state index in [0.717, 1.165) is 11.3 Å². The number of nitrogens with zero attached hydrogens (tertiary/aromatic N) is 4. The van der Waals surface area contributed by atoms with Crippen molar-refractivity contribution in [2.24, 2.45) is 7.05 Å². The molecule has 2 N–H and O–H groups in total. The van der Waals surface area contributed by atoms with Crippen molar-refractivity contribution in [2.75, 3.05) is 6.54 Å². The molecule has 1 fully saturated rings. The van der Waals surface area contributed by atoms with Gasteiger partial charge in [-0.2, -0.15) is 5.26 Å². The third-order valence-corrected chi connectivity index (χ3v) is 5.01.